The van der Waals surface area contributed by atoms with Crippen molar-refractivity contribution in [2.24, 2.45) is 11.1 Å². The summed E-state index contributed by atoms with van der Waals surface area (Å²) in [6.45, 7) is 5.98. The number of thiazole rings is 1. The molecule has 3 aromatic carbocycles. The first-order chi connectivity index (χ1) is 21.2. The van der Waals surface area contributed by atoms with Gasteiger partial charge in [-0.1, -0.05) is 86.3 Å². The largest absolute Gasteiger partial charge is 0.325 e. The van der Waals surface area contributed by atoms with Gasteiger partial charge in [-0.3, -0.25) is 23.7 Å². The van der Waals surface area contributed by atoms with Gasteiger partial charge in [0, 0.05) is 16.5 Å². The Morgan fingerprint density at radius 2 is 1.56 bits per heavy atom. The van der Waals surface area contributed by atoms with E-state index in [1.807, 2.05) is 30.3 Å². The van der Waals surface area contributed by atoms with Crippen LogP contribution in [0.2, 0.25) is 0 Å². The summed E-state index contributed by atoms with van der Waals surface area (Å²) in [5, 5.41) is 7.51. The van der Waals surface area contributed by atoms with Gasteiger partial charge in [-0.15, -0.1) is 0 Å². The van der Waals surface area contributed by atoms with Crippen LogP contribution < -0.4 is 20.2 Å². The molecule has 1 aromatic heterocycles. The maximum atomic E-state index is 14.0. The minimum atomic E-state index is -3.89. The quantitative estimate of drug-likeness (QED) is 0.293. The lowest BCUT2D eigenvalue weighted by atomic mass is 9.81. The van der Waals surface area contributed by atoms with Crippen LogP contribution in [-0.2, 0) is 36.4 Å². The van der Waals surface area contributed by atoms with E-state index in [4.69, 9.17) is 5.14 Å². The van der Waals surface area contributed by atoms with Gasteiger partial charge in [-0.05, 0) is 52.9 Å². The molecular formula is C32H30N4O6S3. The zero-order valence-corrected chi connectivity index (χ0v) is 27.0. The van der Waals surface area contributed by atoms with Crippen LogP contribution in [-0.4, -0.2) is 36.0 Å². The smallest absolute Gasteiger partial charge is 0.308 e. The molecule has 13 heteroatoms. The maximum Gasteiger partial charge on any atom is 0.308 e. The molecule has 0 bridgehead atoms. The van der Waals surface area contributed by atoms with Gasteiger partial charge in [0.1, 0.15) is 11.8 Å². The topological polar surface area (TPSA) is 149 Å². The molecule has 1 fully saturated rings. The van der Waals surface area contributed by atoms with Crippen molar-refractivity contribution in [1.82, 2.24) is 4.57 Å². The van der Waals surface area contributed by atoms with Crippen molar-refractivity contribution in [3.63, 3.8) is 0 Å². The van der Waals surface area contributed by atoms with Crippen molar-refractivity contribution in [3.8, 4) is 0 Å². The highest BCUT2D eigenvalue weighted by Gasteiger charge is 2.56. The van der Waals surface area contributed by atoms with E-state index in [-0.39, 0.29) is 33.5 Å². The second-order valence-corrected chi connectivity index (χ2v) is 15.7. The normalized spacial score (nSPS) is 19.7. The molecule has 6 rings (SSSR count). The van der Waals surface area contributed by atoms with Gasteiger partial charge in [0.25, 0.3) is 0 Å². The molecular weight excluding hydrogens is 633 g/mol. The second-order valence-electron chi connectivity index (χ2n) is 12.0. The van der Waals surface area contributed by atoms with E-state index < -0.39 is 33.0 Å². The second kappa shape index (κ2) is 11.4. The molecule has 2 aliphatic heterocycles. The number of benzene rings is 3. The van der Waals surface area contributed by atoms with Gasteiger partial charge < -0.3 is 5.32 Å². The Morgan fingerprint density at radius 1 is 0.911 bits per heavy atom. The van der Waals surface area contributed by atoms with Crippen molar-refractivity contribution in [2.75, 3.05) is 10.2 Å². The first-order valence-electron chi connectivity index (χ1n) is 14.1. The highest BCUT2D eigenvalue weighted by atomic mass is 32.2. The Hall–Kier alpha value is -4.04. The molecule has 3 atom stereocenters. The van der Waals surface area contributed by atoms with Crippen molar-refractivity contribution in [2.45, 2.75) is 53.8 Å². The number of primary sulfonamides is 1. The number of thioether (sulfide) groups is 1. The lowest BCUT2D eigenvalue weighted by Gasteiger charge is -2.31. The number of hydrogen-bond donors (Lipinski definition) is 2. The first kappa shape index (κ1) is 31.0. The van der Waals surface area contributed by atoms with Gasteiger partial charge >= 0.3 is 4.87 Å². The zero-order valence-electron chi connectivity index (χ0n) is 24.6. The number of nitrogens with one attached hydrogen (secondary N) is 1. The molecule has 2 aliphatic rings. The SMILES string of the molecule is CC(C)(C)c1ccc([C@H]2c3sc(=O)n(CC(=O)Nc4ccc(S(N)(=O)=O)cc4)c3SC3C(=O)N(c4ccccc4)C(=O)C32)cc1. The van der Waals surface area contributed by atoms with Gasteiger partial charge in [0.15, 0.2) is 0 Å². The molecule has 0 radical (unpaired) electrons. The predicted molar refractivity (Wildman–Crippen MR) is 174 cm³/mol. The third kappa shape index (κ3) is 5.76. The molecule has 10 nitrogen and oxygen atoms in total. The number of fused-ring (bicyclic) bond motifs is 2. The third-order valence-corrected chi connectivity index (χ3v) is 11.5. The molecule has 0 aliphatic carbocycles. The van der Waals surface area contributed by atoms with Gasteiger partial charge in [-0.25, -0.2) is 18.5 Å². The molecule has 3 heterocycles. The number of imide groups is 1. The van der Waals surface area contributed by atoms with Gasteiger partial charge in [0.05, 0.1) is 21.5 Å². The van der Waals surface area contributed by atoms with Crippen LogP contribution in [0.5, 0.6) is 0 Å². The van der Waals surface area contributed by atoms with E-state index in [2.05, 4.69) is 26.1 Å². The number of anilines is 2. The summed E-state index contributed by atoms with van der Waals surface area (Å²) in [5.74, 6) is -2.53. The number of aromatic nitrogens is 1. The van der Waals surface area contributed by atoms with Crippen LogP contribution in [0, 0.1) is 5.92 Å². The number of carbonyl (C=O) groups is 3. The van der Waals surface area contributed by atoms with Crippen LogP contribution in [0.1, 0.15) is 42.7 Å². The van der Waals surface area contributed by atoms with E-state index in [0.29, 0.717) is 21.3 Å². The number of hydrogen-bond acceptors (Lipinski definition) is 8. The van der Waals surface area contributed by atoms with E-state index >= 15 is 0 Å². The summed E-state index contributed by atoms with van der Waals surface area (Å²) in [6, 6.07) is 22.1. The first-order valence-corrected chi connectivity index (χ1v) is 17.3. The average Bonchev–Trinajstić information content (AvgIpc) is 3.43. The van der Waals surface area contributed by atoms with E-state index in [0.717, 1.165) is 34.2 Å². The Morgan fingerprint density at radius 3 is 2.16 bits per heavy atom. The van der Waals surface area contributed by atoms with Crippen LogP contribution in [0.15, 0.2) is 93.6 Å². The number of nitrogens with zero attached hydrogens (tertiary/aromatic N) is 2. The molecule has 3 amide bonds. The molecule has 1 saturated heterocycles. The molecule has 232 valence electrons. The van der Waals surface area contributed by atoms with Crippen molar-refractivity contribution >= 4 is 62.2 Å². The van der Waals surface area contributed by atoms with Crippen molar-refractivity contribution < 1.29 is 22.8 Å². The van der Waals surface area contributed by atoms with Crippen LogP contribution in [0.4, 0.5) is 11.4 Å². The lowest BCUT2D eigenvalue weighted by molar-refractivity contribution is -0.122. The van der Waals surface area contributed by atoms with Crippen molar-refractivity contribution in [1.29, 1.82) is 0 Å². The number of rotatable bonds is 6. The van der Waals surface area contributed by atoms with Gasteiger partial charge in [0.2, 0.25) is 27.7 Å². The zero-order chi connectivity index (χ0) is 32.3. The summed E-state index contributed by atoms with van der Waals surface area (Å²) in [6.07, 6.45) is 0. The molecule has 3 N–H and O–H groups in total. The van der Waals surface area contributed by atoms with E-state index in [1.165, 1.54) is 33.7 Å². The number of para-hydroxylation sites is 1. The Kier molecular flexibility index (Phi) is 7.84. The predicted octanol–water partition coefficient (Wildman–Crippen LogP) is 4.29. The summed E-state index contributed by atoms with van der Waals surface area (Å²) < 4.78 is 24.5. The molecule has 0 spiro atoms. The van der Waals surface area contributed by atoms with E-state index in [9.17, 15) is 27.6 Å². The number of carbonyl (C=O) groups excluding carboxylic acids is 3. The monoisotopic (exact) mass is 662 g/mol. The van der Waals surface area contributed by atoms with Gasteiger partial charge in [-0.2, -0.15) is 0 Å². The Bertz CT molecular complexity index is 1980. The minimum Gasteiger partial charge on any atom is -0.325 e. The Labute approximate surface area is 268 Å². The maximum absolute atomic E-state index is 14.0. The summed E-state index contributed by atoms with van der Waals surface area (Å²) in [7, 11) is -3.89. The van der Waals surface area contributed by atoms with Crippen LogP contribution in [0.25, 0.3) is 0 Å². The van der Waals surface area contributed by atoms with Crippen molar-refractivity contribution in [3.05, 3.63) is 105 Å². The fourth-order valence-electron chi connectivity index (χ4n) is 5.71. The highest BCUT2D eigenvalue weighted by molar-refractivity contribution is 8.00. The summed E-state index contributed by atoms with van der Waals surface area (Å²) in [5.41, 5.74) is 2.62. The molecule has 0 saturated carbocycles. The number of amides is 3. The fourth-order valence-corrected chi connectivity index (χ4v) is 9.00. The third-order valence-electron chi connectivity index (χ3n) is 7.97. The summed E-state index contributed by atoms with van der Waals surface area (Å²) >= 11 is 2.12. The number of nitrogens with two attached hydrogens (primary N) is 1. The minimum absolute atomic E-state index is 0.0989. The lowest BCUT2D eigenvalue weighted by Crippen LogP contribution is -2.33. The fraction of sp³-hybridized carbons (Fsp3) is 0.250. The standard InChI is InChI=1S/C32H30N4O6S3/c1-32(2,3)19-11-9-18(10-12-19)24-25-26(29(39)36(28(25)38)21-7-5-4-6-8-21)43-30-27(24)44-31(40)35(30)17-23(37)34-20-13-15-22(16-14-20)45(33,41)42/h4-16,24-26H,17H2,1-3H3,(H,34,37)(H2,33,41,42)/t24-,25?,26?/m1/s1. The van der Waals surface area contributed by atoms with Crippen LogP contribution in [0.3, 0.4) is 0 Å². The highest BCUT2D eigenvalue weighted by Crippen LogP contribution is 2.54. The summed E-state index contributed by atoms with van der Waals surface area (Å²) in [4.78, 5) is 55.8. The van der Waals surface area contributed by atoms with Crippen LogP contribution >= 0.6 is 23.1 Å². The number of sulfonamides is 1. The van der Waals surface area contributed by atoms with E-state index in [1.54, 1.807) is 24.3 Å². The average molecular weight is 663 g/mol. The molecule has 2 unspecified atom stereocenters. The molecule has 4 aromatic rings. The Balaban J connectivity index is 1.38. The molecule has 45 heavy (non-hydrogen) atoms.